The number of amides is 1. The highest BCUT2D eigenvalue weighted by Gasteiger charge is 2.18. The van der Waals surface area contributed by atoms with Crippen molar-refractivity contribution in [1.29, 1.82) is 0 Å². The lowest BCUT2D eigenvalue weighted by atomic mass is 9.96. The van der Waals surface area contributed by atoms with Gasteiger partial charge in [-0.1, -0.05) is 37.3 Å². The summed E-state index contributed by atoms with van der Waals surface area (Å²) in [4.78, 5) is 12.5. The van der Waals surface area contributed by atoms with E-state index < -0.39 is 0 Å². The van der Waals surface area contributed by atoms with E-state index in [0.717, 1.165) is 29.2 Å². The van der Waals surface area contributed by atoms with Crippen LogP contribution in [0.4, 0.5) is 0 Å². The van der Waals surface area contributed by atoms with Crippen LogP contribution in [0.5, 0.6) is 0 Å². The lowest BCUT2D eigenvalue weighted by Crippen LogP contribution is -2.28. The molecule has 0 radical (unpaired) electrons. The lowest BCUT2D eigenvalue weighted by Gasteiger charge is -2.14. The second-order valence-corrected chi connectivity index (χ2v) is 5.70. The van der Waals surface area contributed by atoms with Gasteiger partial charge in [-0.05, 0) is 30.2 Å². The lowest BCUT2D eigenvalue weighted by molar-refractivity contribution is -0.122. The molecule has 0 aliphatic rings. The van der Waals surface area contributed by atoms with Crippen molar-refractivity contribution in [2.24, 2.45) is 7.05 Å². The summed E-state index contributed by atoms with van der Waals surface area (Å²) < 4.78 is 7.56. The van der Waals surface area contributed by atoms with Gasteiger partial charge in [-0.15, -0.1) is 0 Å². The van der Waals surface area contributed by atoms with Gasteiger partial charge in [-0.25, -0.2) is 0 Å². The number of benzene rings is 1. The van der Waals surface area contributed by atoms with Crippen molar-refractivity contribution < 1.29 is 9.21 Å². The first kappa shape index (κ1) is 16.1. The molecule has 2 aromatic heterocycles. The number of furan rings is 1. The van der Waals surface area contributed by atoms with Crippen molar-refractivity contribution in [3.8, 4) is 11.5 Å². The third-order valence-corrected chi connectivity index (χ3v) is 4.10. The highest BCUT2D eigenvalue weighted by atomic mass is 16.3. The van der Waals surface area contributed by atoms with Gasteiger partial charge in [0.15, 0.2) is 5.76 Å². The predicted octanol–water partition coefficient (Wildman–Crippen LogP) is 3.49. The van der Waals surface area contributed by atoms with E-state index in [1.165, 1.54) is 0 Å². The van der Waals surface area contributed by atoms with Crippen molar-refractivity contribution >= 4 is 5.91 Å². The molecular weight excluding hydrogens is 302 g/mol. The topological polar surface area (TPSA) is 60.1 Å². The zero-order valence-electron chi connectivity index (χ0n) is 13.9. The van der Waals surface area contributed by atoms with E-state index in [1.807, 2.05) is 62.5 Å². The fraction of sp³-hybridized carbons (Fsp3) is 0.263. The Morgan fingerprint density at radius 1 is 1.21 bits per heavy atom. The standard InChI is InChI=1S/C19H21N3O2/c1-3-16(14-7-5-4-6-8-14)19(23)20-13-15-9-10-18(24-15)17-11-12-21-22(17)2/h4-12,16H,3,13H2,1-2H3,(H,20,23). The molecule has 24 heavy (non-hydrogen) atoms. The Morgan fingerprint density at radius 3 is 2.67 bits per heavy atom. The van der Waals surface area contributed by atoms with E-state index in [4.69, 9.17) is 4.42 Å². The molecule has 0 bridgehead atoms. The molecule has 3 aromatic rings. The van der Waals surface area contributed by atoms with Crippen LogP contribution in [0.2, 0.25) is 0 Å². The van der Waals surface area contributed by atoms with Crippen LogP contribution in [-0.2, 0) is 18.4 Å². The summed E-state index contributed by atoms with van der Waals surface area (Å²) in [5.41, 5.74) is 1.94. The Hall–Kier alpha value is -2.82. The summed E-state index contributed by atoms with van der Waals surface area (Å²) in [7, 11) is 1.87. The van der Waals surface area contributed by atoms with Gasteiger partial charge in [-0.3, -0.25) is 9.48 Å². The van der Waals surface area contributed by atoms with Gasteiger partial charge in [0.1, 0.15) is 11.5 Å². The normalized spacial score (nSPS) is 12.1. The summed E-state index contributed by atoms with van der Waals surface area (Å²) in [6.45, 7) is 2.39. The highest BCUT2D eigenvalue weighted by molar-refractivity contribution is 5.83. The first-order chi connectivity index (χ1) is 11.7. The minimum atomic E-state index is -0.141. The molecule has 3 rings (SSSR count). The molecule has 0 saturated carbocycles. The fourth-order valence-corrected chi connectivity index (χ4v) is 2.78. The Morgan fingerprint density at radius 2 is 2.00 bits per heavy atom. The van der Waals surface area contributed by atoms with Crippen LogP contribution < -0.4 is 5.32 Å². The van der Waals surface area contributed by atoms with E-state index >= 15 is 0 Å². The summed E-state index contributed by atoms with van der Waals surface area (Å²) in [6, 6.07) is 15.5. The smallest absolute Gasteiger partial charge is 0.227 e. The van der Waals surface area contributed by atoms with Gasteiger partial charge >= 0.3 is 0 Å². The number of aryl methyl sites for hydroxylation is 1. The number of carbonyl (C=O) groups is 1. The van der Waals surface area contributed by atoms with Gasteiger partial charge < -0.3 is 9.73 Å². The van der Waals surface area contributed by atoms with Crippen molar-refractivity contribution in [2.75, 3.05) is 0 Å². The highest BCUT2D eigenvalue weighted by Crippen LogP contribution is 2.22. The van der Waals surface area contributed by atoms with Crippen LogP contribution in [0.3, 0.4) is 0 Å². The molecule has 1 unspecified atom stereocenters. The predicted molar refractivity (Wildman–Crippen MR) is 92.2 cm³/mol. The quantitative estimate of drug-likeness (QED) is 0.755. The molecule has 1 N–H and O–H groups in total. The largest absolute Gasteiger partial charge is 0.458 e. The van der Waals surface area contributed by atoms with E-state index in [-0.39, 0.29) is 11.8 Å². The third-order valence-electron chi connectivity index (χ3n) is 4.10. The summed E-state index contributed by atoms with van der Waals surface area (Å²) >= 11 is 0. The molecule has 5 nitrogen and oxygen atoms in total. The first-order valence-electron chi connectivity index (χ1n) is 8.08. The maximum atomic E-state index is 12.5. The number of aromatic nitrogens is 2. The van der Waals surface area contributed by atoms with E-state index in [0.29, 0.717) is 6.54 Å². The summed E-state index contributed by atoms with van der Waals surface area (Å²) in [6.07, 6.45) is 2.49. The van der Waals surface area contributed by atoms with Gasteiger partial charge in [0.25, 0.3) is 0 Å². The maximum Gasteiger partial charge on any atom is 0.227 e. The third kappa shape index (κ3) is 3.40. The zero-order valence-corrected chi connectivity index (χ0v) is 13.9. The molecule has 124 valence electrons. The molecular formula is C19H21N3O2. The number of hydrogen-bond acceptors (Lipinski definition) is 3. The fourth-order valence-electron chi connectivity index (χ4n) is 2.78. The number of rotatable bonds is 6. The Bertz CT molecular complexity index is 805. The molecule has 0 aliphatic heterocycles. The zero-order chi connectivity index (χ0) is 16.9. The van der Waals surface area contributed by atoms with Crippen molar-refractivity contribution in [1.82, 2.24) is 15.1 Å². The Kier molecular flexibility index (Phi) is 4.79. The van der Waals surface area contributed by atoms with Crippen LogP contribution in [-0.4, -0.2) is 15.7 Å². The summed E-state index contributed by atoms with van der Waals surface area (Å²) in [5.74, 6) is 1.34. The maximum absolute atomic E-state index is 12.5. The van der Waals surface area contributed by atoms with Crippen molar-refractivity contribution in [2.45, 2.75) is 25.8 Å². The first-order valence-corrected chi connectivity index (χ1v) is 8.08. The van der Waals surface area contributed by atoms with E-state index in [1.54, 1.807) is 10.9 Å². The molecule has 1 atom stereocenters. The monoisotopic (exact) mass is 323 g/mol. The van der Waals surface area contributed by atoms with Crippen LogP contribution >= 0.6 is 0 Å². The minimum absolute atomic E-state index is 0.0159. The SMILES string of the molecule is CCC(C(=O)NCc1ccc(-c2ccnn2C)o1)c1ccccc1. The number of carbonyl (C=O) groups excluding carboxylic acids is 1. The average molecular weight is 323 g/mol. The number of nitrogens with zero attached hydrogens (tertiary/aromatic N) is 2. The molecule has 1 aromatic carbocycles. The molecule has 1 amide bonds. The van der Waals surface area contributed by atoms with Gasteiger partial charge in [0.05, 0.1) is 12.5 Å². The molecule has 0 spiro atoms. The average Bonchev–Trinajstić information content (AvgIpc) is 3.23. The van der Waals surface area contributed by atoms with E-state index in [9.17, 15) is 4.79 Å². The molecule has 0 saturated heterocycles. The Labute approximate surface area is 141 Å². The molecule has 5 heteroatoms. The van der Waals surface area contributed by atoms with Crippen LogP contribution in [0.1, 0.15) is 30.6 Å². The van der Waals surface area contributed by atoms with Crippen LogP contribution in [0.15, 0.2) is 59.1 Å². The van der Waals surface area contributed by atoms with Crippen molar-refractivity contribution in [3.05, 3.63) is 66.1 Å². The van der Waals surface area contributed by atoms with Gasteiger partial charge in [-0.2, -0.15) is 5.10 Å². The van der Waals surface area contributed by atoms with Crippen LogP contribution in [0.25, 0.3) is 11.5 Å². The summed E-state index contributed by atoms with van der Waals surface area (Å²) in [5, 5.41) is 7.10. The second-order valence-electron chi connectivity index (χ2n) is 5.70. The molecule has 0 aliphatic carbocycles. The van der Waals surface area contributed by atoms with Crippen LogP contribution in [0, 0.1) is 0 Å². The van der Waals surface area contributed by atoms with Gasteiger partial charge in [0.2, 0.25) is 5.91 Å². The number of hydrogen-bond donors (Lipinski definition) is 1. The van der Waals surface area contributed by atoms with Gasteiger partial charge in [0, 0.05) is 13.2 Å². The van der Waals surface area contributed by atoms with Crippen molar-refractivity contribution in [3.63, 3.8) is 0 Å². The molecule has 0 fully saturated rings. The van der Waals surface area contributed by atoms with E-state index in [2.05, 4.69) is 10.4 Å². The number of nitrogens with one attached hydrogen (secondary N) is 1. The Balaban J connectivity index is 1.64. The molecule has 2 heterocycles. The minimum Gasteiger partial charge on any atom is -0.458 e. The second kappa shape index (κ2) is 7.17.